The molecule has 3 nitrogen and oxygen atoms in total. The van der Waals surface area contributed by atoms with E-state index in [1.54, 1.807) is 0 Å². The number of carbonyl (C=O) groups excluding carboxylic acids is 1. The van der Waals surface area contributed by atoms with Crippen LogP contribution in [0, 0.1) is 0 Å². The minimum atomic E-state index is 0.250. The van der Waals surface area contributed by atoms with Crippen LogP contribution in [-0.4, -0.2) is 24.5 Å². The van der Waals surface area contributed by atoms with Crippen LogP contribution in [0.25, 0.3) is 0 Å². The molecule has 0 aromatic rings. The smallest absolute Gasteiger partial charge is 0.220 e. The van der Waals surface area contributed by atoms with Gasteiger partial charge in [-0.3, -0.25) is 4.79 Å². The predicted octanol–water partition coefficient (Wildman–Crippen LogP) is 1.19. The third-order valence-corrected chi connectivity index (χ3v) is 3.35. The minimum absolute atomic E-state index is 0.250. The summed E-state index contributed by atoms with van der Waals surface area (Å²) in [4.78, 5) is 11.4. The normalized spacial score (nSPS) is 34.7. The first-order valence-corrected chi connectivity index (χ1v) is 5.89. The number of rotatable bonds is 1. The van der Waals surface area contributed by atoms with Crippen LogP contribution in [0.15, 0.2) is 0 Å². The zero-order valence-electron chi connectivity index (χ0n) is 8.72. The lowest BCUT2D eigenvalue weighted by Crippen LogP contribution is -2.50. The van der Waals surface area contributed by atoms with Gasteiger partial charge in [0.15, 0.2) is 0 Å². The van der Waals surface area contributed by atoms with Gasteiger partial charge in [0.2, 0.25) is 5.91 Å². The highest BCUT2D eigenvalue weighted by Crippen LogP contribution is 2.17. The van der Waals surface area contributed by atoms with E-state index in [4.69, 9.17) is 0 Å². The zero-order valence-corrected chi connectivity index (χ0v) is 8.72. The van der Waals surface area contributed by atoms with Crippen LogP contribution in [0.5, 0.6) is 0 Å². The average Bonchev–Trinajstić information content (AvgIpc) is 2.44. The Hall–Kier alpha value is -0.570. The Labute approximate surface area is 85.6 Å². The number of carbonyl (C=O) groups is 1. The molecule has 0 radical (unpaired) electrons. The molecule has 3 heteroatoms. The summed E-state index contributed by atoms with van der Waals surface area (Å²) in [5.74, 6) is 0.250. The number of hydrogen-bond acceptors (Lipinski definition) is 2. The first-order valence-electron chi connectivity index (χ1n) is 5.89. The Morgan fingerprint density at radius 1 is 1.00 bits per heavy atom. The molecule has 14 heavy (non-hydrogen) atoms. The molecule has 0 aromatic heterocycles. The highest BCUT2D eigenvalue weighted by atomic mass is 16.1. The molecule has 1 amide bonds. The van der Waals surface area contributed by atoms with Crippen molar-refractivity contribution in [2.45, 2.75) is 57.0 Å². The van der Waals surface area contributed by atoms with E-state index in [9.17, 15) is 4.79 Å². The molecule has 80 valence electrons. The van der Waals surface area contributed by atoms with Crippen LogP contribution in [0.4, 0.5) is 0 Å². The van der Waals surface area contributed by atoms with Gasteiger partial charge < -0.3 is 10.6 Å². The van der Waals surface area contributed by atoms with Gasteiger partial charge in [-0.05, 0) is 32.2 Å². The topological polar surface area (TPSA) is 41.1 Å². The van der Waals surface area contributed by atoms with Gasteiger partial charge in [-0.1, -0.05) is 12.8 Å². The second kappa shape index (κ2) is 4.78. The largest absolute Gasteiger partial charge is 0.352 e. The van der Waals surface area contributed by atoms with Gasteiger partial charge >= 0.3 is 0 Å². The molecule has 2 saturated heterocycles. The van der Waals surface area contributed by atoms with Crippen molar-refractivity contribution in [1.82, 2.24) is 10.6 Å². The lowest BCUT2D eigenvalue weighted by atomic mass is 9.95. The minimum Gasteiger partial charge on any atom is -0.352 e. The van der Waals surface area contributed by atoms with E-state index in [2.05, 4.69) is 10.6 Å². The molecule has 0 saturated carbocycles. The second-order valence-electron chi connectivity index (χ2n) is 4.48. The van der Waals surface area contributed by atoms with E-state index < -0.39 is 0 Å². The Balaban J connectivity index is 1.90. The summed E-state index contributed by atoms with van der Waals surface area (Å²) in [5.41, 5.74) is 0. The van der Waals surface area contributed by atoms with Gasteiger partial charge in [0, 0.05) is 18.5 Å². The van der Waals surface area contributed by atoms with E-state index in [0.717, 1.165) is 25.8 Å². The van der Waals surface area contributed by atoms with Crippen molar-refractivity contribution in [1.29, 1.82) is 0 Å². The number of nitrogens with one attached hydrogen (secondary N) is 2. The monoisotopic (exact) mass is 196 g/mol. The van der Waals surface area contributed by atoms with Gasteiger partial charge in [-0.15, -0.1) is 0 Å². The first-order chi connectivity index (χ1) is 6.86. The van der Waals surface area contributed by atoms with Crippen LogP contribution >= 0.6 is 0 Å². The van der Waals surface area contributed by atoms with Crippen molar-refractivity contribution in [2.75, 3.05) is 6.54 Å². The summed E-state index contributed by atoms with van der Waals surface area (Å²) in [6, 6.07) is 0.927. The Morgan fingerprint density at radius 3 is 2.57 bits per heavy atom. The molecule has 2 aliphatic heterocycles. The molecule has 2 rings (SSSR count). The molecular weight excluding hydrogens is 176 g/mol. The molecule has 0 aliphatic carbocycles. The van der Waals surface area contributed by atoms with Crippen LogP contribution in [0.3, 0.4) is 0 Å². The fraction of sp³-hybridized carbons (Fsp3) is 0.909. The number of amides is 1. The molecule has 0 aromatic carbocycles. The molecule has 0 unspecified atom stereocenters. The van der Waals surface area contributed by atoms with E-state index in [1.165, 1.54) is 25.7 Å². The van der Waals surface area contributed by atoms with Gasteiger partial charge in [0.05, 0.1) is 0 Å². The standard InChI is InChI=1S/C11H20N2O/c14-11-7-2-1-6-10(13-11)9-5-3-4-8-12-9/h9-10,12H,1-8H2,(H,13,14)/t9-,10+/m1/s1. The van der Waals surface area contributed by atoms with Crippen LogP contribution in [0.1, 0.15) is 44.9 Å². The third kappa shape index (κ3) is 2.47. The molecule has 2 heterocycles. The Morgan fingerprint density at radius 2 is 1.79 bits per heavy atom. The van der Waals surface area contributed by atoms with E-state index in [0.29, 0.717) is 12.1 Å². The summed E-state index contributed by atoms with van der Waals surface area (Å²) in [6.45, 7) is 1.12. The van der Waals surface area contributed by atoms with Crippen molar-refractivity contribution < 1.29 is 4.79 Å². The van der Waals surface area contributed by atoms with Crippen molar-refractivity contribution >= 4 is 5.91 Å². The number of hydrogen-bond donors (Lipinski definition) is 2. The molecule has 2 aliphatic rings. The fourth-order valence-corrected chi connectivity index (χ4v) is 2.52. The van der Waals surface area contributed by atoms with E-state index in [-0.39, 0.29) is 5.91 Å². The van der Waals surface area contributed by atoms with Crippen molar-refractivity contribution in [3.05, 3.63) is 0 Å². The lowest BCUT2D eigenvalue weighted by molar-refractivity contribution is -0.121. The molecule has 2 N–H and O–H groups in total. The van der Waals surface area contributed by atoms with Gasteiger partial charge in [0.25, 0.3) is 0 Å². The van der Waals surface area contributed by atoms with Crippen LogP contribution < -0.4 is 10.6 Å². The summed E-state index contributed by atoms with van der Waals surface area (Å²) in [5, 5.41) is 6.67. The maximum absolute atomic E-state index is 11.4. The lowest BCUT2D eigenvalue weighted by Gasteiger charge is -2.31. The van der Waals surface area contributed by atoms with Gasteiger partial charge in [-0.25, -0.2) is 0 Å². The molecular formula is C11H20N2O. The third-order valence-electron chi connectivity index (χ3n) is 3.35. The fourth-order valence-electron chi connectivity index (χ4n) is 2.52. The molecule has 2 fully saturated rings. The molecule has 2 atom stereocenters. The van der Waals surface area contributed by atoms with Crippen molar-refractivity contribution in [3.63, 3.8) is 0 Å². The Bertz CT molecular complexity index is 199. The summed E-state index contributed by atoms with van der Waals surface area (Å²) in [7, 11) is 0. The highest BCUT2D eigenvalue weighted by molar-refractivity contribution is 5.76. The van der Waals surface area contributed by atoms with Gasteiger partial charge in [0.1, 0.15) is 0 Å². The van der Waals surface area contributed by atoms with Crippen molar-refractivity contribution in [3.8, 4) is 0 Å². The quantitative estimate of drug-likeness (QED) is 0.661. The maximum atomic E-state index is 11.4. The molecule has 0 bridgehead atoms. The average molecular weight is 196 g/mol. The summed E-state index contributed by atoms with van der Waals surface area (Å²) < 4.78 is 0. The second-order valence-corrected chi connectivity index (χ2v) is 4.48. The summed E-state index contributed by atoms with van der Waals surface area (Å²) >= 11 is 0. The summed E-state index contributed by atoms with van der Waals surface area (Å²) in [6.07, 6.45) is 7.97. The van der Waals surface area contributed by atoms with Crippen molar-refractivity contribution in [2.24, 2.45) is 0 Å². The van der Waals surface area contributed by atoms with E-state index >= 15 is 0 Å². The highest BCUT2D eigenvalue weighted by Gasteiger charge is 2.25. The molecule has 0 spiro atoms. The zero-order chi connectivity index (χ0) is 9.80. The van der Waals surface area contributed by atoms with Crippen LogP contribution in [-0.2, 0) is 4.79 Å². The maximum Gasteiger partial charge on any atom is 0.220 e. The van der Waals surface area contributed by atoms with Gasteiger partial charge in [-0.2, -0.15) is 0 Å². The predicted molar refractivity (Wildman–Crippen MR) is 56.0 cm³/mol. The Kier molecular flexibility index (Phi) is 3.40. The van der Waals surface area contributed by atoms with Crippen LogP contribution in [0.2, 0.25) is 0 Å². The van der Waals surface area contributed by atoms with E-state index in [1.807, 2.05) is 0 Å². The number of piperidine rings is 1. The SMILES string of the molecule is O=C1CCCC[C@@H]([C@H]2CCCCN2)N1. The first kappa shape index (κ1) is 9.97.